The molecule has 0 radical (unpaired) electrons. The molecule has 0 aliphatic heterocycles. The highest BCUT2D eigenvalue weighted by Gasteiger charge is 2.20. The summed E-state index contributed by atoms with van der Waals surface area (Å²) in [4.78, 5) is 24.6. The van der Waals surface area contributed by atoms with Crippen molar-refractivity contribution in [1.29, 1.82) is 0 Å². The third-order valence-electron chi connectivity index (χ3n) is 5.65. The number of rotatable bonds is 18. The Morgan fingerprint density at radius 3 is 1.67 bits per heavy atom. The van der Waals surface area contributed by atoms with Crippen LogP contribution in [0.3, 0.4) is 0 Å². The van der Waals surface area contributed by atoms with E-state index >= 15 is 0 Å². The monoisotopic (exact) mass is 797 g/mol. The molecule has 5 nitrogen and oxygen atoms in total. The lowest BCUT2D eigenvalue weighted by Gasteiger charge is -2.08. The van der Waals surface area contributed by atoms with E-state index < -0.39 is 25.7 Å². The lowest BCUT2D eigenvalue weighted by atomic mass is 10.0. The SMILES string of the molecule is CCCCCCCCCCCCCCCCCC(=O)NC(=O)c1cc(I)cc(I)c1I(=O)=O. The van der Waals surface area contributed by atoms with Gasteiger partial charge in [-0.1, -0.05) is 96.8 Å². The van der Waals surface area contributed by atoms with Crippen LogP contribution in [-0.2, 0) is 10.9 Å². The summed E-state index contributed by atoms with van der Waals surface area (Å²) in [5, 5.41) is 2.36. The first-order valence-electron chi connectivity index (χ1n) is 12.2. The molecular weight excluding hydrogens is 759 g/mol. The molecule has 0 saturated carbocycles. The molecule has 1 aromatic carbocycles. The summed E-state index contributed by atoms with van der Waals surface area (Å²) in [5.74, 6) is -0.965. The van der Waals surface area contributed by atoms with Gasteiger partial charge in [-0.25, -0.2) is 6.14 Å². The summed E-state index contributed by atoms with van der Waals surface area (Å²) >= 11 is 0.106. The predicted octanol–water partition coefficient (Wildman–Crippen LogP) is 8.78. The van der Waals surface area contributed by atoms with Crippen LogP contribution in [0.25, 0.3) is 0 Å². The zero-order chi connectivity index (χ0) is 24.5. The molecule has 0 aliphatic carbocycles. The Kier molecular flexibility index (Phi) is 18.3. The van der Waals surface area contributed by atoms with E-state index in [0.29, 0.717) is 3.57 Å². The summed E-state index contributed by atoms with van der Waals surface area (Å²) in [7, 11) is 0. The highest BCUT2D eigenvalue weighted by molar-refractivity contribution is 14.2. The van der Waals surface area contributed by atoms with Crippen molar-refractivity contribution in [1.82, 2.24) is 5.32 Å². The minimum Gasteiger partial charge on any atom is -0.292 e. The van der Waals surface area contributed by atoms with Crippen molar-refractivity contribution in [3.63, 3.8) is 0 Å². The first-order valence-corrected chi connectivity index (χ1v) is 17.2. The number of imide groups is 1. The van der Waals surface area contributed by atoms with Crippen LogP contribution in [0.1, 0.15) is 120 Å². The van der Waals surface area contributed by atoms with Crippen molar-refractivity contribution in [3.05, 3.63) is 28.4 Å². The van der Waals surface area contributed by atoms with Crippen molar-refractivity contribution in [2.24, 2.45) is 0 Å². The van der Waals surface area contributed by atoms with Crippen LogP contribution >= 0.6 is 65.0 Å². The molecule has 0 spiro atoms. The summed E-state index contributed by atoms with van der Waals surface area (Å²) in [5.41, 5.74) is 0.0753. The first-order chi connectivity index (χ1) is 15.9. The van der Waals surface area contributed by atoms with Crippen molar-refractivity contribution in [2.45, 2.75) is 110 Å². The highest BCUT2D eigenvalue weighted by Crippen LogP contribution is 2.29. The minimum absolute atomic E-state index is 0.0671. The van der Waals surface area contributed by atoms with E-state index in [4.69, 9.17) is 0 Å². The summed E-state index contributed by atoms with van der Waals surface area (Å²) in [6.07, 6.45) is 19.2. The Balaban J connectivity index is 2.11. The fourth-order valence-corrected chi connectivity index (χ4v) is 8.20. The average Bonchev–Trinajstić information content (AvgIpc) is 2.75. The van der Waals surface area contributed by atoms with Gasteiger partial charge in [-0.15, -0.1) is 0 Å². The molecule has 1 aromatic rings. The van der Waals surface area contributed by atoms with Crippen LogP contribution in [0.2, 0.25) is 0 Å². The molecule has 1 N–H and O–H groups in total. The summed E-state index contributed by atoms with van der Waals surface area (Å²) < 4.78 is 24.6. The number of benzene rings is 1. The van der Waals surface area contributed by atoms with Gasteiger partial charge in [0.1, 0.15) is 3.57 Å². The van der Waals surface area contributed by atoms with Crippen LogP contribution in [-0.4, -0.2) is 11.8 Å². The van der Waals surface area contributed by atoms with Crippen LogP contribution in [0, 0.1) is 10.7 Å². The molecule has 0 aromatic heterocycles. The van der Waals surface area contributed by atoms with E-state index in [1.165, 1.54) is 83.1 Å². The van der Waals surface area contributed by atoms with Gasteiger partial charge >= 0.3 is 19.8 Å². The van der Waals surface area contributed by atoms with Crippen LogP contribution in [0.5, 0.6) is 0 Å². The lowest BCUT2D eigenvalue weighted by molar-refractivity contribution is -0.120. The molecule has 0 bridgehead atoms. The topological polar surface area (TPSA) is 80.3 Å². The second-order valence-electron chi connectivity index (χ2n) is 8.54. The Labute approximate surface area is 233 Å². The fraction of sp³-hybridized carbons (Fsp3) is 0.680. The zero-order valence-corrected chi connectivity index (χ0v) is 26.2. The third-order valence-corrected chi connectivity index (χ3v) is 10.2. The Morgan fingerprint density at radius 1 is 0.758 bits per heavy atom. The number of carbonyl (C=O) groups is 2. The second kappa shape index (κ2) is 19.4. The van der Waals surface area contributed by atoms with Crippen LogP contribution < -0.4 is 5.32 Å². The molecule has 33 heavy (non-hydrogen) atoms. The van der Waals surface area contributed by atoms with E-state index in [2.05, 4.69) is 12.2 Å². The number of amides is 2. The molecule has 0 heterocycles. The fourth-order valence-electron chi connectivity index (χ4n) is 3.79. The van der Waals surface area contributed by atoms with E-state index in [9.17, 15) is 15.7 Å². The smallest absolute Gasteiger partial charge is 0.292 e. The first kappa shape index (κ1) is 31.2. The van der Waals surface area contributed by atoms with Crippen molar-refractivity contribution >= 4 is 76.8 Å². The van der Waals surface area contributed by atoms with Gasteiger partial charge in [0.2, 0.25) is 5.91 Å². The Bertz CT molecular complexity index is 801. The molecule has 1 rings (SSSR count). The standard InChI is InChI=1S/C25H38I3NO4/c1-2-3-4-5-6-7-8-9-10-11-12-13-14-15-16-17-23(30)29-25(31)21-18-20(26)19-22(27)24(21)28(32)33/h18-19H,2-17H2,1H3,(H,29,30,31). The number of hydrogen-bond acceptors (Lipinski definition) is 4. The van der Waals surface area contributed by atoms with Crippen LogP contribution in [0.4, 0.5) is 0 Å². The van der Waals surface area contributed by atoms with Crippen LogP contribution in [0.15, 0.2) is 12.1 Å². The molecule has 2 amide bonds. The summed E-state index contributed by atoms with van der Waals surface area (Å²) in [6.45, 7) is 2.26. The van der Waals surface area contributed by atoms with E-state index in [1.807, 2.05) is 45.2 Å². The van der Waals surface area contributed by atoms with Crippen molar-refractivity contribution in [2.75, 3.05) is 0 Å². The average molecular weight is 797 g/mol. The number of carbonyl (C=O) groups excluding carboxylic acids is 2. The number of hydrogen-bond donors (Lipinski definition) is 1. The van der Waals surface area contributed by atoms with Gasteiger partial charge in [-0.3, -0.25) is 14.9 Å². The van der Waals surface area contributed by atoms with E-state index in [-0.39, 0.29) is 21.5 Å². The Hall–Kier alpha value is 0.150. The molecule has 0 unspecified atom stereocenters. The van der Waals surface area contributed by atoms with Gasteiger partial charge in [0.25, 0.3) is 5.91 Å². The zero-order valence-electron chi connectivity index (χ0n) is 19.7. The van der Waals surface area contributed by atoms with Gasteiger partial charge < -0.3 is 0 Å². The van der Waals surface area contributed by atoms with Gasteiger partial charge in [-0.05, 0) is 63.7 Å². The van der Waals surface area contributed by atoms with E-state index in [1.54, 1.807) is 6.07 Å². The maximum Gasteiger partial charge on any atom is 0.342 e. The van der Waals surface area contributed by atoms with Gasteiger partial charge in [0.05, 0.1) is 5.56 Å². The number of nitrogens with one attached hydrogen (secondary N) is 1. The largest absolute Gasteiger partial charge is 0.342 e. The van der Waals surface area contributed by atoms with E-state index in [0.717, 1.165) is 22.8 Å². The van der Waals surface area contributed by atoms with Crippen molar-refractivity contribution in [3.8, 4) is 0 Å². The number of halogens is 3. The second-order valence-corrected chi connectivity index (χ2v) is 13.3. The van der Waals surface area contributed by atoms with Gasteiger partial charge in [-0.2, -0.15) is 0 Å². The quantitative estimate of drug-likeness (QED) is 0.0916. The summed E-state index contributed by atoms with van der Waals surface area (Å²) in [6, 6.07) is 3.24. The molecule has 0 saturated heterocycles. The molecular formula is C25H38I3NO4. The maximum absolute atomic E-state index is 12.5. The highest BCUT2D eigenvalue weighted by atomic mass is 127. The third kappa shape index (κ3) is 14.3. The minimum atomic E-state index is -3.85. The lowest BCUT2D eigenvalue weighted by Crippen LogP contribution is -2.31. The molecule has 188 valence electrons. The predicted molar refractivity (Wildman–Crippen MR) is 158 cm³/mol. The maximum atomic E-state index is 12.5. The number of unbranched alkanes of at least 4 members (excludes halogenated alkanes) is 14. The molecule has 0 atom stereocenters. The molecule has 0 aliphatic rings. The van der Waals surface area contributed by atoms with Gasteiger partial charge in [0.15, 0.2) is 0 Å². The van der Waals surface area contributed by atoms with Gasteiger partial charge in [0, 0.05) is 13.6 Å². The Morgan fingerprint density at radius 2 is 1.21 bits per heavy atom. The molecule has 8 heteroatoms. The molecule has 0 fully saturated rings. The van der Waals surface area contributed by atoms with Crippen molar-refractivity contribution < 1.29 is 15.7 Å². The normalized spacial score (nSPS) is 11.2.